The molecule has 0 saturated carbocycles. The first-order valence-electron chi connectivity index (χ1n) is 4.06. The molecule has 0 saturated heterocycles. The minimum absolute atomic E-state index is 0.264. The van der Waals surface area contributed by atoms with Gasteiger partial charge in [0.15, 0.2) is 0 Å². The third kappa shape index (κ3) is 2.00. The van der Waals surface area contributed by atoms with Gasteiger partial charge in [-0.25, -0.2) is 4.98 Å². The number of aliphatic carboxylic acids is 1. The van der Waals surface area contributed by atoms with E-state index < -0.39 is 12.0 Å². The fourth-order valence-corrected chi connectivity index (χ4v) is 1.08. The lowest BCUT2D eigenvalue weighted by Crippen LogP contribution is -2.21. The van der Waals surface area contributed by atoms with E-state index in [1.54, 1.807) is 19.1 Å². The highest BCUT2D eigenvalue weighted by Crippen LogP contribution is 2.21. The van der Waals surface area contributed by atoms with Crippen LogP contribution in [0.15, 0.2) is 12.1 Å². The van der Waals surface area contributed by atoms with Crippen LogP contribution >= 0.6 is 0 Å². The van der Waals surface area contributed by atoms with Crippen molar-refractivity contribution >= 4 is 5.97 Å². The Morgan fingerprint density at radius 1 is 1.64 bits per heavy atom. The predicted molar refractivity (Wildman–Crippen MR) is 50.1 cm³/mol. The molecule has 0 amide bonds. The van der Waals surface area contributed by atoms with Gasteiger partial charge < -0.3 is 15.6 Å². The molecule has 1 atom stereocenters. The molecule has 0 unspecified atom stereocenters. The van der Waals surface area contributed by atoms with Gasteiger partial charge in [0, 0.05) is 11.3 Å². The zero-order chi connectivity index (χ0) is 10.7. The van der Waals surface area contributed by atoms with E-state index in [2.05, 4.69) is 4.98 Å². The van der Waals surface area contributed by atoms with Gasteiger partial charge in [-0.15, -0.1) is 0 Å². The Balaban J connectivity index is 3.13. The third-order valence-electron chi connectivity index (χ3n) is 1.82. The number of ether oxygens (including phenoxy) is 1. The SMILES string of the molecule is COc1nc(C)ccc1[C@@H](N)C(=O)O. The number of aromatic nitrogens is 1. The standard InChI is InChI=1S/C9H12N2O3/c1-5-3-4-6(7(10)9(12)13)8(11-5)14-2/h3-4,7H,10H2,1-2H3,(H,12,13)/t7-/m1/s1. The van der Waals surface area contributed by atoms with E-state index in [0.717, 1.165) is 5.69 Å². The molecule has 0 aliphatic heterocycles. The number of hydrogen-bond acceptors (Lipinski definition) is 4. The smallest absolute Gasteiger partial charge is 0.325 e. The first-order valence-corrected chi connectivity index (χ1v) is 4.06. The fourth-order valence-electron chi connectivity index (χ4n) is 1.08. The van der Waals surface area contributed by atoms with Gasteiger partial charge in [0.05, 0.1) is 7.11 Å². The van der Waals surface area contributed by atoms with Gasteiger partial charge in [-0.1, -0.05) is 0 Å². The summed E-state index contributed by atoms with van der Waals surface area (Å²) >= 11 is 0. The van der Waals surface area contributed by atoms with Crippen molar-refractivity contribution in [1.29, 1.82) is 0 Å². The highest BCUT2D eigenvalue weighted by molar-refractivity contribution is 5.76. The van der Waals surface area contributed by atoms with Crippen LogP contribution in [0, 0.1) is 6.92 Å². The van der Waals surface area contributed by atoms with E-state index >= 15 is 0 Å². The number of methoxy groups -OCH3 is 1. The number of carboxylic acid groups (broad SMARTS) is 1. The number of pyridine rings is 1. The molecule has 1 aromatic heterocycles. The summed E-state index contributed by atoms with van der Waals surface area (Å²) in [5.41, 5.74) is 6.58. The molecular weight excluding hydrogens is 184 g/mol. The van der Waals surface area contributed by atoms with Crippen LogP contribution in [-0.2, 0) is 4.79 Å². The summed E-state index contributed by atoms with van der Waals surface area (Å²) < 4.78 is 4.94. The van der Waals surface area contributed by atoms with Crippen LogP contribution in [-0.4, -0.2) is 23.2 Å². The fraction of sp³-hybridized carbons (Fsp3) is 0.333. The molecule has 1 heterocycles. The van der Waals surface area contributed by atoms with Crippen molar-refractivity contribution in [3.05, 3.63) is 23.4 Å². The third-order valence-corrected chi connectivity index (χ3v) is 1.82. The summed E-state index contributed by atoms with van der Waals surface area (Å²) in [6, 6.07) is 2.21. The minimum Gasteiger partial charge on any atom is -0.481 e. The number of hydrogen-bond donors (Lipinski definition) is 2. The van der Waals surface area contributed by atoms with Gasteiger partial charge >= 0.3 is 5.97 Å². The number of rotatable bonds is 3. The van der Waals surface area contributed by atoms with Gasteiger partial charge in [-0.2, -0.15) is 0 Å². The molecule has 76 valence electrons. The van der Waals surface area contributed by atoms with Crippen LogP contribution in [0.3, 0.4) is 0 Å². The Hall–Kier alpha value is -1.62. The van der Waals surface area contributed by atoms with Crippen molar-refractivity contribution in [3.63, 3.8) is 0 Å². The summed E-state index contributed by atoms with van der Waals surface area (Å²) in [7, 11) is 1.43. The van der Waals surface area contributed by atoms with Crippen LogP contribution in [0.5, 0.6) is 5.88 Å². The topological polar surface area (TPSA) is 85.4 Å². The van der Waals surface area contributed by atoms with Gasteiger partial charge in [0.1, 0.15) is 6.04 Å². The number of carboxylic acids is 1. The van der Waals surface area contributed by atoms with Gasteiger partial charge in [0.2, 0.25) is 5.88 Å². The van der Waals surface area contributed by atoms with E-state index in [4.69, 9.17) is 15.6 Å². The molecule has 0 aliphatic rings. The lowest BCUT2D eigenvalue weighted by atomic mass is 10.1. The second kappa shape index (κ2) is 4.06. The molecule has 0 radical (unpaired) electrons. The highest BCUT2D eigenvalue weighted by Gasteiger charge is 2.19. The highest BCUT2D eigenvalue weighted by atomic mass is 16.5. The van der Waals surface area contributed by atoms with Crippen molar-refractivity contribution < 1.29 is 14.6 Å². The van der Waals surface area contributed by atoms with E-state index in [-0.39, 0.29) is 5.88 Å². The quantitative estimate of drug-likeness (QED) is 0.734. The van der Waals surface area contributed by atoms with Crippen molar-refractivity contribution in [2.45, 2.75) is 13.0 Å². The first-order chi connectivity index (χ1) is 6.56. The average molecular weight is 196 g/mol. The molecule has 0 spiro atoms. The second-order valence-corrected chi connectivity index (χ2v) is 2.87. The molecule has 1 aromatic rings. The Labute approximate surface area is 81.5 Å². The number of carbonyl (C=O) groups is 1. The van der Waals surface area contributed by atoms with Gasteiger partial charge in [-0.3, -0.25) is 4.79 Å². The maximum atomic E-state index is 10.6. The number of nitrogens with zero attached hydrogens (tertiary/aromatic N) is 1. The van der Waals surface area contributed by atoms with E-state index in [9.17, 15) is 4.79 Å². The molecule has 0 bridgehead atoms. The molecule has 0 aliphatic carbocycles. The number of aryl methyl sites for hydroxylation is 1. The van der Waals surface area contributed by atoms with E-state index in [1.165, 1.54) is 7.11 Å². The van der Waals surface area contributed by atoms with Crippen LogP contribution in [0.1, 0.15) is 17.3 Å². The monoisotopic (exact) mass is 196 g/mol. The first kappa shape index (κ1) is 10.5. The average Bonchev–Trinajstić information content (AvgIpc) is 2.16. The molecule has 14 heavy (non-hydrogen) atoms. The minimum atomic E-state index is -1.10. The summed E-state index contributed by atoms with van der Waals surface area (Å²) in [6.45, 7) is 1.79. The molecule has 5 heteroatoms. The Kier molecular flexibility index (Phi) is 3.03. The molecular formula is C9H12N2O3. The number of nitrogens with two attached hydrogens (primary N) is 1. The van der Waals surface area contributed by atoms with E-state index in [1.807, 2.05) is 0 Å². The van der Waals surface area contributed by atoms with Crippen LogP contribution < -0.4 is 10.5 Å². The van der Waals surface area contributed by atoms with Crippen LogP contribution in [0.4, 0.5) is 0 Å². The molecule has 0 fully saturated rings. The van der Waals surface area contributed by atoms with Crippen molar-refractivity contribution in [1.82, 2.24) is 4.98 Å². The summed E-state index contributed by atoms with van der Waals surface area (Å²) in [5.74, 6) is -0.839. The maximum absolute atomic E-state index is 10.6. The molecule has 1 rings (SSSR count). The zero-order valence-corrected chi connectivity index (χ0v) is 8.02. The maximum Gasteiger partial charge on any atom is 0.325 e. The second-order valence-electron chi connectivity index (χ2n) is 2.87. The predicted octanol–water partition coefficient (Wildman–Crippen LogP) is 0.483. The summed E-state index contributed by atoms with van der Waals surface area (Å²) in [4.78, 5) is 14.7. The Bertz CT molecular complexity index is 352. The van der Waals surface area contributed by atoms with Crippen LogP contribution in [0.2, 0.25) is 0 Å². The van der Waals surface area contributed by atoms with Crippen molar-refractivity contribution in [2.24, 2.45) is 5.73 Å². The van der Waals surface area contributed by atoms with Crippen molar-refractivity contribution in [2.75, 3.05) is 7.11 Å². The lowest BCUT2D eigenvalue weighted by molar-refractivity contribution is -0.138. The lowest BCUT2D eigenvalue weighted by Gasteiger charge is -2.11. The largest absolute Gasteiger partial charge is 0.481 e. The zero-order valence-electron chi connectivity index (χ0n) is 8.02. The molecule has 3 N–H and O–H groups in total. The van der Waals surface area contributed by atoms with Gasteiger partial charge in [-0.05, 0) is 19.1 Å². The molecule has 0 aromatic carbocycles. The summed E-state index contributed by atoms with van der Waals surface area (Å²) in [5, 5.41) is 8.72. The van der Waals surface area contributed by atoms with Crippen LogP contribution in [0.25, 0.3) is 0 Å². The van der Waals surface area contributed by atoms with Crippen molar-refractivity contribution in [3.8, 4) is 5.88 Å². The van der Waals surface area contributed by atoms with Gasteiger partial charge in [0.25, 0.3) is 0 Å². The van der Waals surface area contributed by atoms with E-state index in [0.29, 0.717) is 5.56 Å². The Morgan fingerprint density at radius 2 is 2.29 bits per heavy atom. The normalized spacial score (nSPS) is 12.2. The summed E-state index contributed by atoms with van der Waals surface area (Å²) in [6.07, 6.45) is 0. The Morgan fingerprint density at radius 3 is 2.79 bits per heavy atom. The molecule has 5 nitrogen and oxygen atoms in total.